The highest BCUT2D eigenvalue weighted by Crippen LogP contribution is 2.21. The lowest BCUT2D eigenvalue weighted by Crippen LogP contribution is -2.32. The van der Waals surface area contributed by atoms with Gasteiger partial charge in [0, 0.05) is 37.8 Å². The van der Waals surface area contributed by atoms with Gasteiger partial charge in [-0.1, -0.05) is 12.1 Å². The van der Waals surface area contributed by atoms with Crippen molar-refractivity contribution in [1.82, 2.24) is 15.3 Å². The summed E-state index contributed by atoms with van der Waals surface area (Å²) in [6.07, 6.45) is 4.25. The van der Waals surface area contributed by atoms with Crippen molar-refractivity contribution in [1.29, 1.82) is 0 Å². The molecule has 0 aliphatic carbocycles. The van der Waals surface area contributed by atoms with Gasteiger partial charge in [-0.25, -0.2) is 14.8 Å². The fourth-order valence-electron chi connectivity index (χ4n) is 2.67. The average molecular weight is 441 g/mol. The maximum absolute atomic E-state index is 11.9. The smallest absolute Gasteiger partial charge is 0.407 e. The maximum atomic E-state index is 11.9. The number of rotatable bonds is 9. The van der Waals surface area contributed by atoms with Crippen molar-refractivity contribution < 1.29 is 14.3 Å². The first-order valence-corrected chi connectivity index (χ1v) is 10.3. The zero-order chi connectivity index (χ0) is 23.6. The number of allylic oxidation sites excluding steroid dienone is 1. The number of anilines is 1. The molecule has 0 unspecified atom stereocenters. The van der Waals surface area contributed by atoms with Crippen molar-refractivity contribution in [3.8, 4) is 11.3 Å². The fourth-order valence-corrected chi connectivity index (χ4v) is 2.67. The Kier molecular flexibility index (Phi) is 9.15. The molecule has 0 fully saturated rings. The third-order valence-electron chi connectivity index (χ3n) is 4.21. The standard InChI is InChI=1S/C23H32N6O3/c1-16-12-17(6-7-18(16)14-27-22(30)32-23(2,3)4)20-8-9-26-21(29-20)28-19(13-24)15-25-10-11-31-5/h6-9,12-13,15H,10-11,14,24H2,1-5H3,(H,27,30)(H,26,28,29). The van der Waals surface area contributed by atoms with Crippen LogP contribution >= 0.6 is 0 Å². The minimum absolute atomic E-state index is 0.380. The van der Waals surface area contributed by atoms with E-state index in [2.05, 4.69) is 25.6 Å². The van der Waals surface area contributed by atoms with Crippen LogP contribution in [0.1, 0.15) is 31.9 Å². The molecule has 0 aliphatic rings. The van der Waals surface area contributed by atoms with Crippen LogP contribution in [0.15, 0.2) is 47.4 Å². The molecule has 2 rings (SSSR count). The van der Waals surface area contributed by atoms with Gasteiger partial charge in [0.05, 0.1) is 24.5 Å². The molecule has 2 aromatic rings. The largest absolute Gasteiger partial charge is 0.444 e. The molecule has 1 heterocycles. The Bertz CT molecular complexity index is 966. The zero-order valence-electron chi connectivity index (χ0n) is 19.3. The molecule has 0 saturated heterocycles. The van der Waals surface area contributed by atoms with Crippen LogP contribution in [0.5, 0.6) is 0 Å². The number of ether oxygens (including phenoxy) is 2. The summed E-state index contributed by atoms with van der Waals surface area (Å²) in [6, 6.07) is 7.77. The maximum Gasteiger partial charge on any atom is 0.407 e. The van der Waals surface area contributed by atoms with Crippen LogP contribution in [-0.2, 0) is 16.0 Å². The van der Waals surface area contributed by atoms with E-state index in [1.807, 2.05) is 52.0 Å². The Balaban J connectivity index is 2.07. The number of nitrogens with zero attached hydrogens (tertiary/aromatic N) is 3. The van der Waals surface area contributed by atoms with Gasteiger partial charge in [0.25, 0.3) is 0 Å². The molecule has 9 nitrogen and oxygen atoms in total. The van der Waals surface area contributed by atoms with Gasteiger partial charge in [0.2, 0.25) is 5.95 Å². The molecule has 32 heavy (non-hydrogen) atoms. The Labute approximate surface area is 189 Å². The van der Waals surface area contributed by atoms with Gasteiger partial charge in [0.1, 0.15) is 5.60 Å². The molecule has 0 radical (unpaired) electrons. The molecule has 172 valence electrons. The molecule has 4 N–H and O–H groups in total. The minimum atomic E-state index is -0.531. The highest BCUT2D eigenvalue weighted by Gasteiger charge is 2.16. The number of benzene rings is 1. The van der Waals surface area contributed by atoms with E-state index in [1.54, 1.807) is 19.5 Å². The van der Waals surface area contributed by atoms with Crippen LogP contribution in [0.25, 0.3) is 11.3 Å². The van der Waals surface area contributed by atoms with Crippen molar-refractivity contribution in [2.75, 3.05) is 25.6 Å². The van der Waals surface area contributed by atoms with Gasteiger partial charge < -0.3 is 25.8 Å². The van der Waals surface area contributed by atoms with Crippen molar-refractivity contribution in [2.24, 2.45) is 10.7 Å². The molecule has 9 heteroatoms. The third kappa shape index (κ3) is 8.35. The van der Waals surface area contributed by atoms with Crippen molar-refractivity contribution in [3.63, 3.8) is 0 Å². The van der Waals surface area contributed by atoms with Gasteiger partial charge in [-0.2, -0.15) is 0 Å². The number of carbonyl (C=O) groups excluding carboxylic acids is 1. The van der Waals surface area contributed by atoms with Crippen LogP contribution in [0.4, 0.5) is 10.7 Å². The number of aromatic nitrogens is 2. The number of hydrogen-bond donors (Lipinski definition) is 3. The average Bonchev–Trinajstić information content (AvgIpc) is 2.74. The second kappa shape index (κ2) is 11.8. The highest BCUT2D eigenvalue weighted by atomic mass is 16.6. The predicted molar refractivity (Wildman–Crippen MR) is 126 cm³/mol. The summed E-state index contributed by atoms with van der Waals surface area (Å²) in [5.41, 5.74) is 9.42. The Morgan fingerprint density at radius 3 is 2.72 bits per heavy atom. The quantitative estimate of drug-likeness (QED) is 0.403. The molecule has 0 spiro atoms. The van der Waals surface area contributed by atoms with Crippen LogP contribution in [-0.4, -0.2) is 48.1 Å². The Morgan fingerprint density at radius 2 is 2.06 bits per heavy atom. The number of methoxy groups -OCH3 is 1. The third-order valence-corrected chi connectivity index (χ3v) is 4.21. The van der Waals surface area contributed by atoms with E-state index >= 15 is 0 Å². The Morgan fingerprint density at radius 1 is 1.28 bits per heavy atom. The molecular weight excluding hydrogens is 408 g/mol. The summed E-state index contributed by atoms with van der Waals surface area (Å²) in [7, 11) is 1.62. The molecule has 0 bridgehead atoms. The summed E-state index contributed by atoms with van der Waals surface area (Å²) in [5.74, 6) is 0.408. The Hall–Kier alpha value is -3.46. The second-order valence-electron chi connectivity index (χ2n) is 8.04. The lowest BCUT2D eigenvalue weighted by atomic mass is 10.0. The van der Waals surface area contributed by atoms with Crippen LogP contribution in [0, 0.1) is 6.92 Å². The lowest BCUT2D eigenvalue weighted by molar-refractivity contribution is 0.0523. The number of amides is 1. The van der Waals surface area contributed by atoms with E-state index in [-0.39, 0.29) is 0 Å². The first-order chi connectivity index (χ1) is 15.2. The molecule has 1 aromatic carbocycles. The number of carbonyl (C=O) groups is 1. The van der Waals surface area contributed by atoms with E-state index in [0.29, 0.717) is 31.3 Å². The van der Waals surface area contributed by atoms with Gasteiger partial charge in [-0.3, -0.25) is 4.99 Å². The van der Waals surface area contributed by atoms with Crippen molar-refractivity contribution in [2.45, 2.75) is 39.8 Å². The molecular formula is C23H32N6O3. The number of nitrogens with one attached hydrogen (secondary N) is 2. The number of aryl methyl sites for hydroxylation is 1. The van der Waals surface area contributed by atoms with E-state index < -0.39 is 11.7 Å². The molecule has 0 aliphatic heterocycles. The summed E-state index contributed by atoms with van der Waals surface area (Å²) in [4.78, 5) is 24.9. The van der Waals surface area contributed by atoms with E-state index in [9.17, 15) is 4.79 Å². The molecule has 1 aromatic heterocycles. The van der Waals surface area contributed by atoms with Crippen molar-refractivity contribution >= 4 is 18.3 Å². The van der Waals surface area contributed by atoms with Gasteiger partial charge in [-0.05, 0) is 51.0 Å². The summed E-state index contributed by atoms with van der Waals surface area (Å²) in [5, 5.41) is 5.84. The van der Waals surface area contributed by atoms with E-state index in [1.165, 1.54) is 6.20 Å². The number of nitrogens with two attached hydrogens (primary N) is 1. The number of hydrogen-bond acceptors (Lipinski definition) is 8. The highest BCUT2D eigenvalue weighted by molar-refractivity contribution is 5.82. The van der Waals surface area contributed by atoms with Crippen LogP contribution < -0.4 is 16.4 Å². The summed E-state index contributed by atoms with van der Waals surface area (Å²) < 4.78 is 10.2. The first-order valence-electron chi connectivity index (χ1n) is 10.3. The zero-order valence-corrected chi connectivity index (χ0v) is 19.3. The normalized spacial score (nSPS) is 12.1. The fraction of sp³-hybridized carbons (Fsp3) is 0.391. The second-order valence-corrected chi connectivity index (χ2v) is 8.04. The van der Waals surface area contributed by atoms with Crippen molar-refractivity contribution in [3.05, 3.63) is 53.5 Å². The summed E-state index contributed by atoms with van der Waals surface area (Å²) >= 11 is 0. The van der Waals surface area contributed by atoms with Gasteiger partial charge in [0.15, 0.2) is 0 Å². The topological polar surface area (TPSA) is 124 Å². The number of alkyl carbamates (subject to hydrolysis) is 1. The van der Waals surface area contributed by atoms with Crippen LogP contribution in [0.3, 0.4) is 0 Å². The molecule has 1 amide bonds. The monoisotopic (exact) mass is 440 g/mol. The summed E-state index contributed by atoms with van der Waals surface area (Å²) in [6.45, 7) is 8.92. The van der Waals surface area contributed by atoms with Gasteiger partial charge in [-0.15, -0.1) is 0 Å². The first kappa shape index (κ1) is 24.8. The van der Waals surface area contributed by atoms with Crippen LogP contribution in [0.2, 0.25) is 0 Å². The SMILES string of the molecule is COCCN=CC(=CN)Nc1nccc(-c2ccc(CNC(=O)OC(C)(C)C)c(C)c2)n1. The minimum Gasteiger partial charge on any atom is -0.444 e. The number of aliphatic imine (C=N–C) groups is 1. The molecule has 0 saturated carbocycles. The lowest BCUT2D eigenvalue weighted by Gasteiger charge is -2.20. The van der Waals surface area contributed by atoms with E-state index in [4.69, 9.17) is 15.2 Å². The predicted octanol–water partition coefficient (Wildman–Crippen LogP) is 3.41. The molecule has 0 atom stereocenters. The van der Waals surface area contributed by atoms with Gasteiger partial charge >= 0.3 is 6.09 Å². The van der Waals surface area contributed by atoms with E-state index in [0.717, 1.165) is 22.4 Å².